The minimum Gasteiger partial charge on any atom is -0.497 e. The third-order valence-corrected chi connectivity index (χ3v) is 7.81. The van der Waals surface area contributed by atoms with Crippen molar-refractivity contribution >= 4 is 21.6 Å². The zero-order chi connectivity index (χ0) is 22.0. The normalized spacial score (nSPS) is 16.9. The summed E-state index contributed by atoms with van der Waals surface area (Å²) in [7, 11) is -2.02. The van der Waals surface area contributed by atoms with Crippen molar-refractivity contribution in [2.75, 3.05) is 33.3 Å². The lowest BCUT2D eigenvalue weighted by Gasteiger charge is -2.36. The molecule has 1 aliphatic heterocycles. The lowest BCUT2D eigenvalue weighted by atomic mass is 10.2. The molecular formula is C21H23ClN4O4S. The second-order valence-corrected chi connectivity index (χ2v) is 9.53. The number of hydrogen-bond donors (Lipinski definition) is 0. The molecule has 1 aromatic heterocycles. The number of benzene rings is 2. The second-order valence-electron chi connectivity index (χ2n) is 7.22. The molecule has 2 heterocycles. The molecule has 164 valence electrons. The Morgan fingerprint density at radius 3 is 2.35 bits per heavy atom. The highest BCUT2D eigenvalue weighted by Crippen LogP contribution is 2.28. The topological polar surface area (TPSA) is 88.8 Å². The van der Waals surface area contributed by atoms with Gasteiger partial charge in [0.25, 0.3) is 0 Å². The first kappa shape index (κ1) is 21.8. The van der Waals surface area contributed by atoms with E-state index < -0.39 is 10.0 Å². The van der Waals surface area contributed by atoms with Crippen LogP contribution < -0.4 is 4.74 Å². The van der Waals surface area contributed by atoms with Crippen LogP contribution in [0.3, 0.4) is 0 Å². The van der Waals surface area contributed by atoms with E-state index in [9.17, 15) is 8.42 Å². The molecule has 8 nitrogen and oxygen atoms in total. The van der Waals surface area contributed by atoms with Gasteiger partial charge >= 0.3 is 0 Å². The van der Waals surface area contributed by atoms with E-state index in [1.54, 1.807) is 25.3 Å². The van der Waals surface area contributed by atoms with Crippen molar-refractivity contribution in [1.29, 1.82) is 0 Å². The molecule has 0 saturated carbocycles. The first-order valence-electron chi connectivity index (χ1n) is 9.86. The summed E-state index contributed by atoms with van der Waals surface area (Å²) in [6.07, 6.45) is 0. The standard InChI is InChI=1S/C21H23ClN4O4S/c1-15(20-23-24-21(30-20)16-7-9-17(29-2)10-8-16)25-11-13-26(14-12-25)31(27,28)19-6-4-3-5-18(19)22/h3-10,15H,11-14H2,1-2H3. The second kappa shape index (κ2) is 8.96. The zero-order valence-electron chi connectivity index (χ0n) is 17.2. The number of sulfonamides is 1. The monoisotopic (exact) mass is 462 g/mol. The fourth-order valence-corrected chi connectivity index (χ4v) is 5.45. The van der Waals surface area contributed by atoms with Crippen LogP contribution in [-0.4, -0.2) is 61.1 Å². The Balaban J connectivity index is 1.42. The average Bonchev–Trinajstić information content (AvgIpc) is 3.29. The summed E-state index contributed by atoms with van der Waals surface area (Å²) in [5.41, 5.74) is 0.808. The number of aromatic nitrogens is 2. The molecule has 0 aliphatic carbocycles. The van der Waals surface area contributed by atoms with Crippen LogP contribution in [0.15, 0.2) is 57.8 Å². The summed E-state index contributed by atoms with van der Waals surface area (Å²) in [6.45, 7) is 3.79. The number of ether oxygens (including phenoxy) is 1. The van der Waals surface area contributed by atoms with E-state index in [-0.39, 0.29) is 16.0 Å². The van der Waals surface area contributed by atoms with Gasteiger partial charge in [0.15, 0.2) is 0 Å². The maximum atomic E-state index is 12.9. The van der Waals surface area contributed by atoms with Gasteiger partial charge in [-0.3, -0.25) is 4.90 Å². The Morgan fingerprint density at radius 2 is 1.71 bits per heavy atom. The summed E-state index contributed by atoms with van der Waals surface area (Å²) in [5.74, 6) is 1.68. The van der Waals surface area contributed by atoms with Crippen LogP contribution in [0.1, 0.15) is 18.9 Å². The third kappa shape index (κ3) is 4.45. The SMILES string of the molecule is COc1ccc(-c2nnc(C(C)N3CCN(S(=O)(=O)c4ccccc4Cl)CC3)o2)cc1. The predicted octanol–water partition coefficient (Wildman–Crippen LogP) is 3.47. The van der Waals surface area contributed by atoms with E-state index in [2.05, 4.69) is 15.1 Å². The maximum absolute atomic E-state index is 12.9. The third-order valence-electron chi connectivity index (χ3n) is 5.41. The highest BCUT2D eigenvalue weighted by Gasteiger charge is 2.32. The molecule has 3 aromatic rings. The number of nitrogens with zero attached hydrogens (tertiary/aromatic N) is 4. The fraction of sp³-hybridized carbons (Fsp3) is 0.333. The molecule has 31 heavy (non-hydrogen) atoms. The van der Waals surface area contributed by atoms with Gasteiger partial charge < -0.3 is 9.15 Å². The molecule has 4 rings (SSSR count). The summed E-state index contributed by atoms with van der Waals surface area (Å²) in [4.78, 5) is 2.27. The summed E-state index contributed by atoms with van der Waals surface area (Å²) >= 11 is 6.11. The summed E-state index contributed by atoms with van der Waals surface area (Å²) in [6, 6.07) is 13.8. The van der Waals surface area contributed by atoms with Gasteiger partial charge in [0, 0.05) is 31.7 Å². The van der Waals surface area contributed by atoms with Crippen LogP contribution in [0.2, 0.25) is 5.02 Å². The number of halogens is 1. The van der Waals surface area contributed by atoms with E-state index in [0.29, 0.717) is 38.0 Å². The first-order valence-corrected chi connectivity index (χ1v) is 11.7. The van der Waals surface area contributed by atoms with Crippen molar-refractivity contribution in [3.8, 4) is 17.2 Å². The molecule has 0 radical (unpaired) electrons. The molecule has 0 amide bonds. The Labute approximate surface area is 186 Å². The van der Waals surface area contributed by atoms with Crippen molar-refractivity contribution in [2.45, 2.75) is 17.9 Å². The minimum absolute atomic E-state index is 0.135. The summed E-state index contributed by atoms with van der Waals surface area (Å²) < 4.78 is 38.4. The van der Waals surface area contributed by atoms with E-state index in [1.807, 2.05) is 31.2 Å². The lowest BCUT2D eigenvalue weighted by molar-refractivity contribution is 0.129. The van der Waals surface area contributed by atoms with Crippen molar-refractivity contribution < 1.29 is 17.6 Å². The molecule has 0 N–H and O–H groups in total. The van der Waals surface area contributed by atoms with Gasteiger partial charge in [-0.05, 0) is 43.3 Å². The molecule has 1 aliphatic rings. The Morgan fingerprint density at radius 1 is 1.03 bits per heavy atom. The Bertz CT molecular complexity index is 1140. The van der Waals surface area contributed by atoms with Gasteiger partial charge in [-0.15, -0.1) is 10.2 Å². The van der Waals surface area contributed by atoms with Gasteiger partial charge in [-0.25, -0.2) is 8.42 Å². The van der Waals surface area contributed by atoms with Crippen LogP contribution in [0.4, 0.5) is 0 Å². The summed E-state index contributed by atoms with van der Waals surface area (Å²) in [5, 5.41) is 8.59. The quantitative estimate of drug-likeness (QED) is 0.554. The molecule has 0 spiro atoms. The molecule has 0 bridgehead atoms. The maximum Gasteiger partial charge on any atom is 0.247 e. The van der Waals surface area contributed by atoms with Crippen molar-refractivity contribution in [3.05, 3.63) is 59.4 Å². The van der Waals surface area contributed by atoms with Crippen LogP contribution >= 0.6 is 11.6 Å². The van der Waals surface area contributed by atoms with Gasteiger partial charge in [-0.1, -0.05) is 23.7 Å². The highest BCUT2D eigenvalue weighted by molar-refractivity contribution is 7.89. The van der Waals surface area contributed by atoms with Crippen LogP contribution in [0.5, 0.6) is 5.75 Å². The van der Waals surface area contributed by atoms with Gasteiger partial charge in [0.05, 0.1) is 18.2 Å². The van der Waals surface area contributed by atoms with Crippen molar-refractivity contribution in [1.82, 2.24) is 19.4 Å². The van der Waals surface area contributed by atoms with Crippen molar-refractivity contribution in [2.24, 2.45) is 0 Å². The fourth-order valence-electron chi connectivity index (χ4n) is 3.53. The lowest BCUT2D eigenvalue weighted by Crippen LogP contribution is -2.49. The van der Waals surface area contributed by atoms with E-state index in [4.69, 9.17) is 20.8 Å². The predicted molar refractivity (Wildman–Crippen MR) is 116 cm³/mol. The zero-order valence-corrected chi connectivity index (χ0v) is 18.8. The molecule has 1 unspecified atom stereocenters. The average molecular weight is 463 g/mol. The van der Waals surface area contributed by atoms with Crippen LogP contribution in [0, 0.1) is 0 Å². The molecule has 2 aromatic carbocycles. The van der Waals surface area contributed by atoms with Gasteiger partial charge in [-0.2, -0.15) is 4.31 Å². The first-order chi connectivity index (χ1) is 14.9. The molecule has 1 saturated heterocycles. The smallest absolute Gasteiger partial charge is 0.247 e. The number of hydrogen-bond acceptors (Lipinski definition) is 7. The molecular weight excluding hydrogens is 440 g/mol. The Kier molecular flexibility index (Phi) is 6.29. The largest absolute Gasteiger partial charge is 0.497 e. The number of methoxy groups -OCH3 is 1. The van der Waals surface area contributed by atoms with E-state index >= 15 is 0 Å². The van der Waals surface area contributed by atoms with E-state index in [0.717, 1.165) is 11.3 Å². The minimum atomic E-state index is -3.63. The van der Waals surface area contributed by atoms with Gasteiger partial charge in [0.1, 0.15) is 10.6 Å². The molecule has 10 heteroatoms. The van der Waals surface area contributed by atoms with Gasteiger partial charge in [0.2, 0.25) is 21.8 Å². The van der Waals surface area contributed by atoms with Crippen LogP contribution in [0.25, 0.3) is 11.5 Å². The Hall–Kier alpha value is -2.46. The van der Waals surface area contributed by atoms with Crippen LogP contribution in [-0.2, 0) is 10.0 Å². The number of rotatable bonds is 6. The molecule has 1 atom stereocenters. The highest BCUT2D eigenvalue weighted by atomic mass is 35.5. The van der Waals surface area contributed by atoms with E-state index in [1.165, 1.54) is 10.4 Å². The molecule has 1 fully saturated rings. The number of piperazine rings is 1. The van der Waals surface area contributed by atoms with Crippen molar-refractivity contribution in [3.63, 3.8) is 0 Å².